The molecule has 1 atom stereocenters. The number of nitrogens with one attached hydrogen (secondary N) is 1. The van der Waals surface area contributed by atoms with E-state index in [-0.39, 0.29) is 11.8 Å². The highest BCUT2D eigenvalue weighted by Crippen LogP contribution is 2.30. The van der Waals surface area contributed by atoms with Crippen LogP contribution in [0.25, 0.3) is 0 Å². The first-order valence-electron chi connectivity index (χ1n) is 7.59. The van der Waals surface area contributed by atoms with E-state index in [0.29, 0.717) is 6.54 Å². The van der Waals surface area contributed by atoms with Crippen molar-refractivity contribution in [1.29, 1.82) is 0 Å². The van der Waals surface area contributed by atoms with Crippen molar-refractivity contribution in [3.8, 4) is 5.75 Å². The van der Waals surface area contributed by atoms with E-state index in [9.17, 15) is 13.2 Å². The summed E-state index contributed by atoms with van der Waals surface area (Å²) in [5.41, 5.74) is 2.07. The minimum atomic E-state index is -4.33. The highest BCUT2D eigenvalue weighted by molar-refractivity contribution is 5.29. The molecular formula is C17H18F3NO2. The first kappa shape index (κ1) is 15.9. The molecule has 6 heteroatoms. The van der Waals surface area contributed by atoms with E-state index in [1.165, 1.54) is 11.6 Å². The summed E-state index contributed by atoms with van der Waals surface area (Å²) in [5, 5.41) is 3.44. The van der Waals surface area contributed by atoms with Gasteiger partial charge in [-0.05, 0) is 36.6 Å². The van der Waals surface area contributed by atoms with Gasteiger partial charge in [-0.3, -0.25) is 0 Å². The Bertz CT molecular complexity index is 651. The van der Waals surface area contributed by atoms with Crippen LogP contribution in [0.1, 0.15) is 35.8 Å². The Morgan fingerprint density at radius 2 is 2.13 bits per heavy atom. The summed E-state index contributed by atoms with van der Waals surface area (Å²) in [5.74, 6) is 1.25. The van der Waals surface area contributed by atoms with Crippen LogP contribution < -0.4 is 10.1 Å². The van der Waals surface area contributed by atoms with Gasteiger partial charge in [-0.25, -0.2) is 0 Å². The molecule has 3 rings (SSSR count). The normalized spacial score (nSPS) is 17.8. The zero-order chi connectivity index (χ0) is 16.3. The molecule has 1 N–H and O–H groups in total. The number of aryl methyl sites for hydroxylation is 1. The van der Waals surface area contributed by atoms with Gasteiger partial charge in [0.25, 0.3) is 0 Å². The number of hydrogen-bond acceptors (Lipinski definition) is 3. The molecule has 1 aliphatic carbocycles. The van der Waals surface area contributed by atoms with E-state index in [0.717, 1.165) is 30.6 Å². The van der Waals surface area contributed by atoms with Crippen molar-refractivity contribution in [2.24, 2.45) is 0 Å². The lowest BCUT2D eigenvalue weighted by atomic mass is 9.93. The molecule has 1 heterocycles. The lowest BCUT2D eigenvalue weighted by molar-refractivity contribution is -0.153. The highest BCUT2D eigenvalue weighted by atomic mass is 19.4. The Hall–Kier alpha value is -1.95. The molecule has 0 spiro atoms. The number of alkyl halides is 3. The number of benzene rings is 1. The van der Waals surface area contributed by atoms with E-state index in [1.807, 2.05) is 12.1 Å². The topological polar surface area (TPSA) is 34.4 Å². The quantitative estimate of drug-likeness (QED) is 0.885. The lowest BCUT2D eigenvalue weighted by Gasteiger charge is -2.23. The average Bonchev–Trinajstić information content (AvgIpc) is 3.00. The van der Waals surface area contributed by atoms with E-state index in [2.05, 4.69) is 5.32 Å². The number of furan rings is 1. The molecule has 0 radical (unpaired) electrons. The van der Waals surface area contributed by atoms with Crippen LogP contribution in [0.5, 0.6) is 5.75 Å². The first-order valence-corrected chi connectivity index (χ1v) is 7.59. The zero-order valence-electron chi connectivity index (χ0n) is 12.5. The van der Waals surface area contributed by atoms with Gasteiger partial charge in [0, 0.05) is 24.6 Å². The second-order valence-electron chi connectivity index (χ2n) is 5.68. The molecule has 0 saturated heterocycles. The van der Waals surface area contributed by atoms with E-state index in [4.69, 9.17) is 9.15 Å². The molecule has 2 aromatic rings. The van der Waals surface area contributed by atoms with E-state index < -0.39 is 12.8 Å². The maximum atomic E-state index is 12.2. The second-order valence-corrected chi connectivity index (χ2v) is 5.68. The molecule has 1 aliphatic rings. The van der Waals surface area contributed by atoms with Crippen molar-refractivity contribution in [2.75, 3.05) is 6.61 Å². The number of fused-ring (bicyclic) bond motifs is 1. The minimum Gasteiger partial charge on any atom is -0.484 e. The number of hydrogen-bond donors (Lipinski definition) is 1. The van der Waals surface area contributed by atoms with Crippen molar-refractivity contribution in [3.63, 3.8) is 0 Å². The van der Waals surface area contributed by atoms with E-state index in [1.54, 1.807) is 18.4 Å². The third-order valence-electron chi connectivity index (χ3n) is 3.91. The van der Waals surface area contributed by atoms with Gasteiger partial charge in [-0.15, -0.1) is 0 Å². The molecular weight excluding hydrogens is 307 g/mol. The maximum Gasteiger partial charge on any atom is 0.422 e. The van der Waals surface area contributed by atoms with Crippen LogP contribution in [0.2, 0.25) is 0 Å². The Balaban J connectivity index is 1.59. The van der Waals surface area contributed by atoms with Gasteiger partial charge in [-0.1, -0.05) is 12.1 Å². The fourth-order valence-electron chi connectivity index (χ4n) is 2.85. The van der Waals surface area contributed by atoms with Crippen molar-refractivity contribution in [3.05, 3.63) is 53.5 Å². The Morgan fingerprint density at radius 1 is 1.26 bits per heavy atom. The van der Waals surface area contributed by atoms with Gasteiger partial charge < -0.3 is 14.5 Å². The molecule has 0 bridgehead atoms. The van der Waals surface area contributed by atoms with Crippen LogP contribution in [-0.4, -0.2) is 12.8 Å². The number of halogens is 3. The predicted molar refractivity (Wildman–Crippen MR) is 79.2 cm³/mol. The van der Waals surface area contributed by atoms with Gasteiger partial charge in [-0.2, -0.15) is 13.2 Å². The third-order valence-corrected chi connectivity index (χ3v) is 3.91. The summed E-state index contributed by atoms with van der Waals surface area (Å²) in [4.78, 5) is 0. The Labute approximate surface area is 132 Å². The molecule has 1 aromatic heterocycles. The van der Waals surface area contributed by atoms with Crippen LogP contribution in [0.3, 0.4) is 0 Å². The summed E-state index contributed by atoms with van der Waals surface area (Å²) in [6.45, 7) is -0.705. The summed E-state index contributed by atoms with van der Waals surface area (Å²) >= 11 is 0. The maximum absolute atomic E-state index is 12.2. The smallest absolute Gasteiger partial charge is 0.422 e. The second kappa shape index (κ2) is 6.66. The zero-order valence-corrected chi connectivity index (χ0v) is 12.5. The third kappa shape index (κ3) is 4.28. The fraction of sp³-hybridized carbons (Fsp3) is 0.412. The molecule has 1 aromatic carbocycles. The summed E-state index contributed by atoms with van der Waals surface area (Å²) < 4.78 is 46.8. The average molecular weight is 325 g/mol. The minimum absolute atomic E-state index is 0.220. The first-order chi connectivity index (χ1) is 11.0. The summed E-state index contributed by atoms with van der Waals surface area (Å²) in [6.07, 6.45) is 0.426. The lowest BCUT2D eigenvalue weighted by Crippen LogP contribution is -2.24. The number of ether oxygens (including phenoxy) is 1. The SMILES string of the molecule is FC(F)(F)COc1cccc(CNC2CCCc3occc32)c1. The number of rotatable bonds is 5. The molecule has 0 aliphatic heterocycles. The summed E-state index contributed by atoms with van der Waals surface area (Å²) in [6, 6.07) is 8.94. The Morgan fingerprint density at radius 3 is 2.96 bits per heavy atom. The highest BCUT2D eigenvalue weighted by Gasteiger charge is 2.28. The molecule has 0 saturated carbocycles. The van der Waals surface area contributed by atoms with Gasteiger partial charge in [0.2, 0.25) is 0 Å². The molecule has 0 amide bonds. The predicted octanol–water partition coefficient (Wildman–Crippen LogP) is 4.39. The van der Waals surface area contributed by atoms with Gasteiger partial charge in [0.05, 0.1) is 6.26 Å². The van der Waals surface area contributed by atoms with Crippen molar-refractivity contribution in [1.82, 2.24) is 5.32 Å². The van der Waals surface area contributed by atoms with Gasteiger partial charge in [0.15, 0.2) is 6.61 Å². The van der Waals surface area contributed by atoms with Crippen LogP contribution in [0, 0.1) is 0 Å². The largest absolute Gasteiger partial charge is 0.484 e. The molecule has 124 valence electrons. The van der Waals surface area contributed by atoms with Crippen LogP contribution in [0.4, 0.5) is 13.2 Å². The van der Waals surface area contributed by atoms with Gasteiger partial charge >= 0.3 is 6.18 Å². The van der Waals surface area contributed by atoms with Crippen LogP contribution in [-0.2, 0) is 13.0 Å². The van der Waals surface area contributed by atoms with Crippen LogP contribution >= 0.6 is 0 Å². The standard InChI is InChI=1S/C17H18F3NO2/c18-17(19,20)11-23-13-4-1-3-12(9-13)10-21-15-5-2-6-16-14(15)7-8-22-16/h1,3-4,7-9,15,21H,2,5-6,10-11H2. The summed E-state index contributed by atoms with van der Waals surface area (Å²) in [7, 11) is 0. The van der Waals surface area contributed by atoms with Crippen molar-refractivity contribution >= 4 is 0 Å². The molecule has 23 heavy (non-hydrogen) atoms. The monoisotopic (exact) mass is 325 g/mol. The van der Waals surface area contributed by atoms with Crippen LogP contribution in [0.15, 0.2) is 41.0 Å². The molecule has 3 nitrogen and oxygen atoms in total. The van der Waals surface area contributed by atoms with Crippen molar-refractivity contribution in [2.45, 2.75) is 38.0 Å². The van der Waals surface area contributed by atoms with Gasteiger partial charge in [0.1, 0.15) is 11.5 Å². The molecule has 0 fully saturated rings. The fourth-order valence-corrected chi connectivity index (χ4v) is 2.85. The Kier molecular flexibility index (Phi) is 4.61. The van der Waals surface area contributed by atoms with Crippen molar-refractivity contribution < 1.29 is 22.3 Å². The van der Waals surface area contributed by atoms with E-state index >= 15 is 0 Å². The molecule has 1 unspecified atom stereocenters.